The Morgan fingerprint density at radius 2 is 1.73 bits per heavy atom. The molecule has 4 atom stereocenters. The maximum atomic E-state index is 12.6. The van der Waals surface area contributed by atoms with Crippen LogP contribution in [0.2, 0.25) is 0 Å². The molecule has 2 saturated carbocycles. The third-order valence-electron chi connectivity index (χ3n) is 6.44. The van der Waals surface area contributed by atoms with Crippen molar-refractivity contribution in [3.8, 4) is 0 Å². The SMILES string of the molecule is O=C(C[NH+]1CCCC2CCCCC21)C1CCC([NH+]([O-])O)CC1. The third-order valence-corrected chi connectivity index (χ3v) is 6.44. The van der Waals surface area contributed by atoms with Crippen molar-refractivity contribution < 1.29 is 20.1 Å². The zero-order chi connectivity index (χ0) is 15.5. The second-order valence-corrected chi connectivity index (χ2v) is 7.73. The Morgan fingerprint density at radius 1 is 1.05 bits per heavy atom. The maximum Gasteiger partial charge on any atom is 0.189 e. The van der Waals surface area contributed by atoms with Crippen LogP contribution in [0.25, 0.3) is 0 Å². The molecule has 4 unspecified atom stereocenters. The van der Waals surface area contributed by atoms with Crippen molar-refractivity contribution >= 4 is 5.78 Å². The molecular weight excluding hydrogens is 280 g/mol. The van der Waals surface area contributed by atoms with Crippen molar-refractivity contribution in [1.82, 2.24) is 0 Å². The average Bonchev–Trinajstić information content (AvgIpc) is 2.55. The molecular formula is C17H31N2O3+. The monoisotopic (exact) mass is 311 g/mol. The maximum absolute atomic E-state index is 12.6. The lowest BCUT2D eigenvalue weighted by molar-refractivity contribution is -1.07. The molecule has 1 saturated heterocycles. The van der Waals surface area contributed by atoms with Gasteiger partial charge in [0.25, 0.3) is 0 Å². The lowest BCUT2D eigenvalue weighted by atomic mass is 9.77. The van der Waals surface area contributed by atoms with Gasteiger partial charge in [-0.25, -0.2) is 10.4 Å². The Morgan fingerprint density at radius 3 is 2.45 bits per heavy atom. The van der Waals surface area contributed by atoms with Crippen LogP contribution in [0, 0.1) is 17.0 Å². The van der Waals surface area contributed by atoms with Crippen molar-refractivity contribution in [3.63, 3.8) is 0 Å². The van der Waals surface area contributed by atoms with E-state index >= 15 is 0 Å². The number of ketones is 1. The second kappa shape index (κ2) is 7.39. The summed E-state index contributed by atoms with van der Waals surface area (Å²) < 4.78 is 0. The van der Waals surface area contributed by atoms with Gasteiger partial charge in [0.2, 0.25) is 0 Å². The Balaban J connectivity index is 1.51. The van der Waals surface area contributed by atoms with E-state index in [1.165, 1.54) is 38.5 Å². The Labute approximate surface area is 133 Å². The summed E-state index contributed by atoms with van der Waals surface area (Å²) in [6, 6.07) is 0.510. The molecule has 5 nitrogen and oxygen atoms in total. The summed E-state index contributed by atoms with van der Waals surface area (Å²) in [4.78, 5) is 14.2. The Bertz CT molecular complexity index is 378. The average molecular weight is 311 g/mol. The van der Waals surface area contributed by atoms with Crippen LogP contribution in [-0.4, -0.2) is 36.2 Å². The number of likely N-dealkylation sites (tertiary alicyclic amines) is 1. The van der Waals surface area contributed by atoms with E-state index in [0.29, 0.717) is 25.2 Å². The summed E-state index contributed by atoms with van der Waals surface area (Å²) in [7, 11) is 0. The number of hydrogen-bond acceptors (Lipinski definition) is 3. The lowest BCUT2D eigenvalue weighted by Gasteiger charge is -2.41. The molecule has 3 fully saturated rings. The zero-order valence-corrected chi connectivity index (χ0v) is 13.6. The number of rotatable bonds is 4. The molecule has 1 heterocycles. The molecule has 0 bridgehead atoms. The molecule has 3 rings (SSSR count). The molecule has 0 spiro atoms. The van der Waals surface area contributed by atoms with Gasteiger partial charge in [0.1, 0.15) is 12.6 Å². The van der Waals surface area contributed by atoms with E-state index in [1.807, 2.05) is 0 Å². The third kappa shape index (κ3) is 3.70. The highest BCUT2D eigenvalue weighted by molar-refractivity contribution is 5.82. The molecule has 22 heavy (non-hydrogen) atoms. The molecule has 2 aliphatic carbocycles. The molecule has 3 aliphatic rings. The summed E-state index contributed by atoms with van der Waals surface area (Å²) in [5.41, 5.74) is 0. The molecule has 5 heteroatoms. The predicted octanol–water partition coefficient (Wildman–Crippen LogP) is 0.124. The number of hydrogen-bond donors (Lipinski definition) is 3. The first kappa shape index (κ1) is 16.4. The number of carbonyl (C=O) groups is 1. The molecule has 0 radical (unpaired) electrons. The van der Waals surface area contributed by atoms with Crippen molar-refractivity contribution in [1.29, 1.82) is 0 Å². The Hall–Kier alpha value is -0.490. The fraction of sp³-hybridized carbons (Fsp3) is 0.941. The largest absolute Gasteiger partial charge is 0.600 e. The Kier molecular flexibility index (Phi) is 5.50. The van der Waals surface area contributed by atoms with Crippen LogP contribution in [0.3, 0.4) is 0 Å². The van der Waals surface area contributed by atoms with Gasteiger partial charge in [0.05, 0.1) is 12.6 Å². The number of piperidine rings is 1. The van der Waals surface area contributed by atoms with Gasteiger partial charge >= 0.3 is 0 Å². The van der Waals surface area contributed by atoms with Gasteiger partial charge in [-0.1, -0.05) is 6.42 Å². The van der Waals surface area contributed by atoms with Gasteiger partial charge in [-0.3, -0.25) is 4.79 Å². The van der Waals surface area contributed by atoms with E-state index in [4.69, 9.17) is 5.21 Å². The van der Waals surface area contributed by atoms with Crippen molar-refractivity contribution in [3.05, 3.63) is 5.21 Å². The zero-order valence-electron chi connectivity index (χ0n) is 13.6. The number of Topliss-reactive ketones (excluding diaryl/α,β-unsaturated/α-hetero) is 1. The van der Waals surface area contributed by atoms with Crippen LogP contribution < -0.4 is 10.1 Å². The fourth-order valence-electron chi connectivity index (χ4n) is 5.12. The van der Waals surface area contributed by atoms with Gasteiger partial charge in [-0.2, -0.15) is 0 Å². The van der Waals surface area contributed by atoms with Crippen LogP contribution in [0.1, 0.15) is 64.2 Å². The van der Waals surface area contributed by atoms with Crippen LogP contribution in [0.4, 0.5) is 0 Å². The van der Waals surface area contributed by atoms with E-state index in [2.05, 4.69) is 0 Å². The minimum absolute atomic E-state index is 0.132. The van der Waals surface area contributed by atoms with Crippen LogP contribution >= 0.6 is 0 Å². The number of carbonyl (C=O) groups excluding carboxylic acids is 1. The molecule has 1 aliphatic heterocycles. The highest BCUT2D eigenvalue weighted by Crippen LogP contribution is 2.28. The summed E-state index contributed by atoms with van der Waals surface area (Å²) in [5.74, 6) is 1.39. The second-order valence-electron chi connectivity index (χ2n) is 7.73. The van der Waals surface area contributed by atoms with Gasteiger partial charge in [-0.05, 0) is 44.9 Å². The first-order valence-corrected chi connectivity index (χ1v) is 9.25. The minimum Gasteiger partial charge on any atom is -0.600 e. The summed E-state index contributed by atoms with van der Waals surface area (Å²) in [6.45, 7) is 1.86. The quantitative estimate of drug-likeness (QED) is 0.646. The van der Waals surface area contributed by atoms with Crippen molar-refractivity contribution in [2.24, 2.45) is 11.8 Å². The van der Waals surface area contributed by atoms with E-state index in [1.54, 1.807) is 4.90 Å². The highest BCUT2D eigenvalue weighted by atomic mass is 16.8. The molecule has 0 amide bonds. The standard InChI is InChI=1S/C17H30N2O3/c20-17(14-7-9-15(10-8-14)19(21)22)12-18-11-3-5-13-4-1-2-6-16(13)18/h13-16,19,21H,1-12H2/p+1. The van der Waals surface area contributed by atoms with Gasteiger partial charge in [0.15, 0.2) is 5.78 Å². The van der Waals surface area contributed by atoms with Gasteiger partial charge < -0.3 is 10.1 Å². The van der Waals surface area contributed by atoms with Gasteiger partial charge in [0, 0.05) is 24.7 Å². The number of hydroxylamine groups is 2. The highest BCUT2D eigenvalue weighted by Gasteiger charge is 2.39. The van der Waals surface area contributed by atoms with Crippen LogP contribution in [0.15, 0.2) is 0 Å². The normalized spacial score (nSPS) is 40.7. The van der Waals surface area contributed by atoms with Crippen LogP contribution in [0.5, 0.6) is 0 Å². The van der Waals surface area contributed by atoms with E-state index in [9.17, 15) is 10.0 Å². The molecule has 126 valence electrons. The van der Waals surface area contributed by atoms with Crippen molar-refractivity contribution in [2.75, 3.05) is 13.1 Å². The molecule has 0 aromatic heterocycles. The van der Waals surface area contributed by atoms with E-state index < -0.39 is 5.23 Å². The summed E-state index contributed by atoms with van der Waals surface area (Å²) >= 11 is 0. The summed E-state index contributed by atoms with van der Waals surface area (Å²) in [5, 5.41) is 19.4. The summed E-state index contributed by atoms with van der Waals surface area (Å²) in [6.07, 6.45) is 11.0. The molecule has 0 aromatic carbocycles. The van der Waals surface area contributed by atoms with E-state index in [-0.39, 0.29) is 12.0 Å². The number of nitrogens with one attached hydrogen (secondary N) is 2. The smallest absolute Gasteiger partial charge is 0.189 e. The number of quaternary nitrogens is 2. The predicted molar refractivity (Wildman–Crippen MR) is 82.5 cm³/mol. The van der Waals surface area contributed by atoms with Gasteiger partial charge in [-0.15, -0.1) is 0 Å². The topological polar surface area (TPSA) is 69.2 Å². The number of fused-ring (bicyclic) bond motifs is 1. The van der Waals surface area contributed by atoms with E-state index in [0.717, 1.165) is 31.3 Å². The molecule has 3 N–H and O–H groups in total. The lowest BCUT2D eigenvalue weighted by Crippen LogP contribution is -3.18. The molecule has 0 aromatic rings. The minimum atomic E-state index is -0.683. The fourth-order valence-corrected chi connectivity index (χ4v) is 5.12. The first-order chi connectivity index (χ1) is 10.6. The van der Waals surface area contributed by atoms with Crippen LogP contribution in [-0.2, 0) is 4.79 Å². The van der Waals surface area contributed by atoms with Crippen molar-refractivity contribution in [2.45, 2.75) is 76.3 Å². The first-order valence-electron chi connectivity index (χ1n) is 9.25.